The SMILES string of the molecule is CN1CCC(Nc2nc(-c3nccc4c3N=CCC4=O)cs2)CC1. The van der Waals surface area contributed by atoms with Crippen LogP contribution in [0.25, 0.3) is 11.4 Å². The van der Waals surface area contributed by atoms with Crippen molar-refractivity contribution >= 4 is 34.2 Å². The topological polar surface area (TPSA) is 70.5 Å². The van der Waals surface area contributed by atoms with Crippen LogP contribution < -0.4 is 5.32 Å². The average Bonchev–Trinajstić information content (AvgIpc) is 3.05. The Morgan fingerprint density at radius 3 is 3.00 bits per heavy atom. The Labute approximate surface area is 144 Å². The Morgan fingerprint density at radius 2 is 2.17 bits per heavy atom. The summed E-state index contributed by atoms with van der Waals surface area (Å²) in [6.07, 6.45) is 5.93. The van der Waals surface area contributed by atoms with E-state index in [2.05, 4.69) is 32.2 Å². The van der Waals surface area contributed by atoms with Crippen molar-refractivity contribution in [2.45, 2.75) is 25.3 Å². The van der Waals surface area contributed by atoms with Crippen molar-refractivity contribution in [1.29, 1.82) is 0 Å². The predicted molar refractivity (Wildman–Crippen MR) is 96.6 cm³/mol. The maximum Gasteiger partial charge on any atom is 0.183 e. The van der Waals surface area contributed by atoms with Gasteiger partial charge >= 0.3 is 0 Å². The molecule has 1 saturated heterocycles. The zero-order valence-electron chi connectivity index (χ0n) is 13.5. The number of hydrogen-bond donors (Lipinski definition) is 1. The molecule has 0 saturated carbocycles. The number of Topliss-reactive ketones (excluding diaryl/α,β-unsaturated/α-hetero) is 1. The molecule has 1 N–H and O–H groups in total. The average molecular weight is 341 g/mol. The van der Waals surface area contributed by atoms with Crippen LogP contribution in [-0.4, -0.2) is 53.0 Å². The van der Waals surface area contributed by atoms with Crippen molar-refractivity contribution in [3.8, 4) is 11.4 Å². The van der Waals surface area contributed by atoms with Crippen molar-refractivity contribution in [3.63, 3.8) is 0 Å². The number of aliphatic imine (C=N–C) groups is 1. The smallest absolute Gasteiger partial charge is 0.183 e. The largest absolute Gasteiger partial charge is 0.359 e. The van der Waals surface area contributed by atoms with E-state index in [4.69, 9.17) is 0 Å². The number of rotatable bonds is 3. The summed E-state index contributed by atoms with van der Waals surface area (Å²) in [5, 5.41) is 6.42. The minimum absolute atomic E-state index is 0.0866. The molecule has 0 atom stereocenters. The number of fused-ring (bicyclic) bond motifs is 1. The van der Waals surface area contributed by atoms with E-state index >= 15 is 0 Å². The Morgan fingerprint density at radius 1 is 1.33 bits per heavy atom. The molecule has 0 aliphatic carbocycles. The lowest BCUT2D eigenvalue weighted by Gasteiger charge is -2.29. The highest BCUT2D eigenvalue weighted by Crippen LogP contribution is 2.35. The van der Waals surface area contributed by atoms with E-state index in [1.165, 1.54) is 0 Å². The fourth-order valence-electron chi connectivity index (χ4n) is 3.10. The van der Waals surface area contributed by atoms with Crippen LogP contribution in [0, 0.1) is 0 Å². The minimum atomic E-state index is 0.0866. The summed E-state index contributed by atoms with van der Waals surface area (Å²) in [5.74, 6) is 0.0866. The number of aromatic nitrogens is 2. The van der Waals surface area contributed by atoms with Crippen molar-refractivity contribution < 1.29 is 4.79 Å². The van der Waals surface area contributed by atoms with Crippen LogP contribution in [0.5, 0.6) is 0 Å². The van der Waals surface area contributed by atoms with Gasteiger partial charge in [-0.15, -0.1) is 11.3 Å². The maximum atomic E-state index is 12.0. The highest BCUT2D eigenvalue weighted by atomic mass is 32.1. The summed E-state index contributed by atoms with van der Waals surface area (Å²) in [5.41, 5.74) is 2.74. The standard InChI is InChI=1S/C17H19N5OS/c1-22-8-4-11(5-9-22)20-17-21-13(10-24-17)16-15-12(2-6-19-16)14(23)3-7-18-15/h2,6-7,10-11H,3-5,8-9H2,1H3,(H,20,21). The number of hydrogen-bond acceptors (Lipinski definition) is 7. The quantitative estimate of drug-likeness (QED) is 0.929. The number of carbonyl (C=O) groups excluding carboxylic acids is 1. The van der Waals surface area contributed by atoms with Gasteiger partial charge < -0.3 is 10.2 Å². The highest BCUT2D eigenvalue weighted by Gasteiger charge is 2.21. The van der Waals surface area contributed by atoms with Crippen molar-refractivity contribution in [3.05, 3.63) is 23.2 Å². The molecule has 0 unspecified atom stereocenters. The Balaban J connectivity index is 1.57. The molecule has 2 aliphatic heterocycles. The summed E-state index contributed by atoms with van der Waals surface area (Å²) >= 11 is 1.58. The number of carbonyl (C=O) groups is 1. The van der Waals surface area contributed by atoms with Crippen LogP contribution in [0.1, 0.15) is 29.6 Å². The molecule has 0 bridgehead atoms. The summed E-state index contributed by atoms with van der Waals surface area (Å²) < 4.78 is 0. The molecule has 2 aromatic heterocycles. The molecular formula is C17H19N5OS. The van der Waals surface area contributed by atoms with Gasteiger partial charge in [0.25, 0.3) is 0 Å². The van der Waals surface area contributed by atoms with Crippen LogP contribution in [0.2, 0.25) is 0 Å². The molecule has 1 fully saturated rings. The van der Waals surface area contributed by atoms with Crippen LogP contribution in [0.4, 0.5) is 10.8 Å². The first-order valence-corrected chi connectivity index (χ1v) is 9.04. The van der Waals surface area contributed by atoms with E-state index in [1.54, 1.807) is 29.8 Å². The fraction of sp³-hybridized carbons (Fsp3) is 0.412. The van der Waals surface area contributed by atoms with E-state index in [0.717, 1.165) is 36.8 Å². The van der Waals surface area contributed by atoms with Crippen LogP contribution in [0.3, 0.4) is 0 Å². The molecule has 2 aromatic rings. The lowest BCUT2D eigenvalue weighted by Crippen LogP contribution is -2.36. The number of thiazole rings is 1. The summed E-state index contributed by atoms with van der Waals surface area (Å²) in [6, 6.07) is 2.21. The van der Waals surface area contributed by atoms with Crippen LogP contribution in [-0.2, 0) is 0 Å². The molecule has 0 aromatic carbocycles. The number of anilines is 1. The van der Waals surface area contributed by atoms with E-state index in [9.17, 15) is 4.79 Å². The minimum Gasteiger partial charge on any atom is -0.359 e. The first-order valence-electron chi connectivity index (χ1n) is 8.16. The molecule has 124 valence electrons. The normalized spacial score (nSPS) is 18.6. The number of piperidine rings is 1. The molecule has 7 heteroatoms. The molecular weight excluding hydrogens is 322 g/mol. The number of likely N-dealkylation sites (tertiary alicyclic amines) is 1. The van der Waals surface area contributed by atoms with Gasteiger partial charge in [-0.2, -0.15) is 0 Å². The van der Waals surface area contributed by atoms with E-state index < -0.39 is 0 Å². The highest BCUT2D eigenvalue weighted by molar-refractivity contribution is 7.14. The molecule has 24 heavy (non-hydrogen) atoms. The lowest BCUT2D eigenvalue weighted by molar-refractivity contribution is 0.100. The lowest BCUT2D eigenvalue weighted by atomic mass is 10.0. The van der Waals surface area contributed by atoms with Gasteiger partial charge in [0.05, 0.1) is 0 Å². The Hall–Kier alpha value is -2.12. The van der Waals surface area contributed by atoms with Crippen LogP contribution >= 0.6 is 11.3 Å². The number of nitrogens with one attached hydrogen (secondary N) is 1. The summed E-state index contributed by atoms with van der Waals surface area (Å²) in [4.78, 5) is 27.8. The zero-order valence-corrected chi connectivity index (χ0v) is 14.3. The van der Waals surface area contributed by atoms with Gasteiger partial charge in [-0.1, -0.05) is 0 Å². The molecule has 6 nitrogen and oxygen atoms in total. The number of ketones is 1. The van der Waals surface area contributed by atoms with Gasteiger partial charge in [-0.05, 0) is 39.0 Å². The van der Waals surface area contributed by atoms with Crippen molar-refractivity contribution in [2.75, 3.05) is 25.5 Å². The first-order chi connectivity index (χ1) is 11.7. The van der Waals surface area contributed by atoms with Gasteiger partial charge in [-0.25, -0.2) is 4.98 Å². The fourth-order valence-corrected chi connectivity index (χ4v) is 3.88. The van der Waals surface area contributed by atoms with Gasteiger partial charge in [0.1, 0.15) is 17.1 Å². The number of nitrogens with zero attached hydrogens (tertiary/aromatic N) is 4. The molecule has 0 spiro atoms. The van der Waals surface area contributed by atoms with Crippen molar-refractivity contribution in [2.24, 2.45) is 4.99 Å². The third kappa shape index (κ3) is 2.97. The van der Waals surface area contributed by atoms with E-state index in [0.29, 0.717) is 29.4 Å². The van der Waals surface area contributed by atoms with Gasteiger partial charge in [0, 0.05) is 35.8 Å². The molecule has 0 radical (unpaired) electrons. The second-order valence-corrected chi connectivity index (χ2v) is 7.11. The van der Waals surface area contributed by atoms with Crippen molar-refractivity contribution in [1.82, 2.24) is 14.9 Å². The molecule has 0 amide bonds. The Bertz CT molecular complexity index is 792. The molecule has 4 heterocycles. The molecule has 4 rings (SSSR count). The Kier molecular flexibility index (Phi) is 4.12. The second-order valence-electron chi connectivity index (χ2n) is 6.25. The van der Waals surface area contributed by atoms with Crippen LogP contribution in [0.15, 0.2) is 22.6 Å². The third-order valence-electron chi connectivity index (χ3n) is 4.51. The monoisotopic (exact) mass is 341 g/mol. The van der Waals surface area contributed by atoms with E-state index in [-0.39, 0.29) is 5.78 Å². The summed E-state index contributed by atoms with van der Waals surface area (Å²) in [6.45, 7) is 2.22. The van der Waals surface area contributed by atoms with E-state index in [1.807, 2.05) is 5.38 Å². The zero-order chi connectivity index (χ0) is 16.5. The summed E-state index contributed by atoms with van der Waals surface area (Å²) in [7, 11) is 2.16. The van der Waals surface area contributed by atoms with Gasteiger partial charge in [-0.3, -0.25) is 14.8 Å². The van der Waals surface area contributed by atoms with Gasteiger partial charge in [0.2, 0.25) is 0 Å². The first kappa shape index (κ1) is 15.4. The maximum absolute atomic E-state index is 12.0. The van der Waals surface area contributed by atoms with Gasteiger partial charge in [0.15, 0.2) is 10.9 Å². The predicted octanol–water partition coefficient (Wildman–Crippen LogP) is 3.00. The molecule has 2 aliphatic rings. The number of pyridine rings is 1. The third-order valence-corrected chi connectivity index (χ3v) is 5.29. The second kappa shape index (κ2) is 6.41.